The van der Waals surface area contributed by atoms with Gasteiger partial charge in [0.15, 0.2) is 0 Å². The van der Waals surface area contributed by atoms with Gasteiger partial charge in [0, 0.05) is 32.7 Å². The van der Waals surface area contributed by atoms with Crippen molar-refractivity contribution >= 4 is 12.0 Å². The second-order valence-electron chi connectivity index (χ2n) is 5.65. The fourth-order valence-electron chi connectivity index (χ4n) is 2.51. The first-order chi connectivity index (χ1) is 9.57. The van der Waals surface area contributed by atoms with Crippen molar-refractivity contribution in [2.75, 3.05) is 45.9 Å². The summed E-state index contributed by atoms with van der Waals surface area (Å²) in [5.41, 5.74) is -0.718. The number of aliphatic carboxylic acids is 1. The van der Waals surface area contributed by atoms with Crippen LogP contribution in [0.3, 0.4) is 0 Å². The highest BCUT2D eigenvalue weighted by Crippen LogP contribution is 2.45. The van der Waals surface area contributed by atoms with Gasteiger partial charge in [-0.25, -0.2) is 4.79 Å². The molecule has 0 radical (unpaired) electrons. The number of carboxylic acid groups (broad SMARTS) is 1. The molecule has 1 aliphatic heterocycles. The van der Waals surface area contributed by atoms with Crippen molar-refractivity contribution < 1.29 is 19.8 Å². The highest BCUT2D eigenvalue weighted by Gasteiger charge is 2.50. The molecule has 2 aliphatic rings. The highest BCUT2D eigenvalue weighted by atomic mass is 16.4. The van der Waals surface area contributed by atoms with E-state index in [0.29, 0.717) is 32.5 Å². The van der Waals surface area contributed by atoms with Crippen molar-refractivity contribution in [3.05, 3.63) is 0 Å². The number of aliphatic hydroxyl groups excluding tert-OH is 1. The predicted molar refractivity (Wildman–Crippen MR) is 72.4 cm³/mol. The van der Waals surface area contributed by atoms with Gasteiger partial charge in [-0.15, -0.1) is 0 Å². The molecule has 0 aromatic heterocycles. The normalized spacial score (nSPS) is 22.1. The number of amides is 2. The smallest absolute Gasteiger partial charge is 0.317 e. The SMILES string of the molecule is O=C(NCC1(C(=O)O)CC1)N1CCCN(CCO)CC1. The summed E-state index contributed by atoms with van der Waals surface area (Å²) in [5, 5.41) is 20.7. The van der Waals surface area contributed by atoms with Crippen LogP contribution in [0.1, 0.15) is 19.3 Å². The van der Waals surface area contributed by atoms with E-state index < -0.39 is 11.4 Å². The molecule has 7 nitrogen and oxygen atoms in total. The van der Waals surface area contributed by atoms with Gasteiger partial charge >= 0.3 is 12.0 Å². The van der Waals surface area contributed by atoms with Gasteiger partial charge in [0.2, 0.25) is 0 Å². The number of β-amino-alcohol motifs (C(OH)–C–C–N with tert-alkyl or cyclic N) is 1. The highest BCUT2D eigenvalue weighted by molar-refractivity contribution is 5.80. The molecule has 0 bridgehead atoms. The van der Waals surface area contributed by atoms with Crippen molar-refractivity contribution in [1.82, 2.24) is 15.1 Å². The molecular weight excluding hydrogens is 262 g/mol. The maximum atomic E-state index is 12.1. The molecule has 0 unspecified atom stereocenters. The van der Waals surface area contributed by atoms with Gasteiger partial charge in [-0.3, -0.25) is 9.69 Å². The Kier molecular flexibility index (Phi) is 4.82. The summed E-state index contributed by atoms with van der Waals surface area (Å²) < 4.78 is 0. The average molecular weight is 285 g/mol. The Hall–Kier alpha value is -1.34. The first-order valence-electron chi connectivity index (χ1n) is 7.17. The summed E-state index contributed by atoms with van der Waals surface area (Å²) in [6, 6.07) is -0.177. The summed E-state index contributed by atoms with van der Waals surface area (Å²) in [5.74, 6) is -0.817. The van der Waals surface area contributed by atoms with Crippen LogP contribution in [-0.2, 0) is 4.79 Å². The van der Waals surface area contributed by atoms with Crippen LogP contribution >= 0.6 is 0 Å². The largest absolute Gasteiger partial charge is 0.481 e. The topological polar surface area (TPSA) is 93.1 Å². The molecule has 1 saturated heterocycles. The molecule has 7 heteroatoms. The molecule has 0 aromatic rings. The Bertz CT molecular complexity index is 371. The van der Waals surface area contributed by atoms with Gasteiger partial charge in [-0.05, 0) is 25.8 Å². The number of carboxylic acids is 1. The summed E-state index contributed by atoms with van der Waals surface area (Å²) >= 11 is 0. The number of hydrogen-bond acceptors (Lipinski definition) is 4. The lowest BCUT2D eigenvalue weighted by Gasteiger charge is -2.22. The van der Waals surface area contributed by atoms with E-state index in [0.717, 1.165) is 19.5 Å². The fourth-order valence-corrected chi connectivity index (χ4v) is 2.51. The van der Waals surface area contributed by atoms with E-state index >= 15 is 0 Å². The van der Waals surface area contributed by atoms with Crippen LogP contribution in [0.2, 0.25) is 0 Å². The lowest BCUT2D eigenvalue weighted by atomic mass is 10.1. The molecule has 2 fully saturated rings. The summed E-state index contributed by atoms with van der Waals surface area (Å²) in [7, 11) is 0. The van der Waals surface area contributed by atoms with E-state index in [1.807, 2.05) is 0 Å². The van der Waals surface area contributed by atoms with Crippen LogP contribution < -0.4 is 5.32 Å². The third-order valence-electron chi connectivity index (χ3n) is 4.18. The molecule has 0 spiro atoms. The molecule has 2 amide bonds. The van der Waals surface area contributed by atoms with E-state index in [9.17, 15) is 9.59 Å². The molecule has 2 rings (SSSR count). The maximum Gasteiger partial charge on any atom is 0.317 e. The number of urea groups is 1. The molecule has 1 aliphatic carbocycles. The second kappa shape index (κ2) is 6.41. The van der Waals surface area contributed by atoms with E-state index in [2.05, 4.69) is 10.2 Å². The van der Waals surface area contributed by atoms with Crippen molar-refractivity contribution in [1.29, 1.82) is 0 Å². The zero-order valence-corrected chi connectivity index (χ0v) is 11.7. The number of carbonyl (C=O) groups excluding carboxylic acids is 1. The van der Waals surface area contributed by atoms with Gasteiger partial charge in [0.05, 0.1) is 12.0 Å². The Labute approximate surface area is 118 Å². The number of hydrogen-bond donors (Lipinski definition) is 3. The number of aliphatic hydroxyl groups is 1. The van der Waals surface area contributed by atoms with E-state index in [1.54, 1.807) is 4.90 Å². The minimum atomic E-state index is -0.817. The van der Waals surface area contributed by atoms with Gasteiger partial charge in [-0.1, -0.05) is 0 Å². The van der Waals surface area contributed by atoms with Gasteiger partial charge in [0.1, 0.15) is 0 Å². The number of nitrogens with zero attached hydrogens (tertiary/aromatic N) is 2. The van der Waals surface area contributed by atoms with Crippen LogP contribution in [0.4, 0.5) is 4.79 Å². The molecule has 20 heavy (non-hydrogen) atoms. The number of rotatable bonds is 5. The molecule has 3 N–H and O–H groups in total. The number of nitrogens with one attached hydrogen (secondary N) is 1. The van der Waals surface area contributed by atoms with Crippen LogP contribution in [-0.4, -0.2) is 77.9 Å². The minimum Gasteiger partial charge on any atom is -0.481 e. The zero-order chi connectivity index (χ0) is 14.6. The summed E-state index contributed by atoms with van der Waals surface area (Å²) in [6.07, 6.45) is 2.16. The van der Waals surface area contributed by atoms with Crippen LogP contribution in [0.25, 0.3) is 0 Å². The Balaban J connectivity index is 1.76. The molecule has 114 valence electrons. The fraction of sp³-hybridized carbons (Fsp3) is 0.846. The molecule has 1 heterocycles. The van der Waals surface area contributed by atoms with Gasteiger partial charge < -0.3 is 20.4 Å². The summed E-state index contributed by atoms with van der Waals surface area (Å²) in [6.45, 7) is 3.91. The third-order valence-corrected chi connectivity index (χ3v) is 4.18. The molecule has 0 aromatic carbocycles. The quantitative estimate of drug-likeness (QED) is 0.637. The average Bonchev–Trinajstić information content (AvgIpc) is 3.21. The minimum absolute atomic E-state index is 0.132. The van der Waals surface area contributed by atoms with Crippen LogP contribution in [0.5, 0.6) is 0 Å². The van der Waals surface area contributed by atoms with Crippen molar-refractivity contribution in [2.45, 2.75) is 19.3 Å². The lowest BCUT2D eigenvalue weighted by Crippen LogP contribution is -2.45. The van der Waals surface area contributed by atoms with Gasteiger partial charge in [-0.2, -0.15) is 0 Å². The van der Waals surface area contributed by atoms with Crippen molar-refractivity contribution in [3.8, 4) is 0 Å². The third kappa shape index (κ3) is 3.61. The zero-order valence-electron chi connectivity index (χ0n) is 11.7. The van der Waals surface area contributed by atoms with Crippen LogP contribution in [0.15, 0.2) is 0 Å². The molecular formula is C13H23N3O4. The number of carbonyl (C=O) groups is 2. The maximum absolute atomic E-state index is 12.1. The van der Waals surface area contributed by atoms with Crippen LogP contribution in [0, 0.1) is 5.41 Å². The van der Waals surface area contributed by atoms with E-state index in [1.165, 1.54) is 0 Å². The van der Waals surface area contributed by atoms with Crippen molar-refractivity contribution in [2.24, 2.45) is 5.41 Å². The van der Waals surface area contributed by atoms with E-state index in [4.69, 9.17) is 10.2 Å². The Morgan fingerprint density at radius 3 is 2.50 bits per heavy atom. The molecule has 1 saturated carbocycles. The summed E-state index contributed by atoms with van der Waals surface area (Å²) in [4.78, 5) is 27.0. The van der Waals surface area contributed by atoms with Crippen molar-refractivity contribution in [3.63, 3.8) is 0 Å². The standard InChI is InChI=1S/C13H23N3O4/c17-9-8-15-4-1-5-16(7-6-15)12(20)14-10-13(2-3-13)11(18)19/h17H,1-10H2,(H,14,20)(H,18,19). The molecule has 0 atom stereocenters. The second-order valence-corrected chi connectivity index (χ2v) is 5.65. The monoisotopic (exact) mass is 285 g/mol. The first kappa shape index (κ1) is 15.1. The Morgan fingerprint density at radius 2 is 1.90 bits per heavy atom. The lowest BCUT2D eigenvalue weighted by molar-refractivity contribution is -0.143. The van der Waals surface area contributed by atoms with E-state index in [-0.39, 0.29) is 19.2 Å². The predicted octanol–water partition coefficient (Wildman–Crippen LogP) is -0.439. The van der Waals surface area contributed by atoms with Gasteiger partial charge in [0.25, 0.3) is 0 Å². The first-order valence-corrected chi connectivity index (χ1v) is 7.17. The Morgan fingerprint density at radius 1 is 1.15 bits per heavy atom.